The van der Waals surface area contributed by atoms with E-state index in [1.54, 1.807) is 6.07 Å². The van der Waals surface area contributed by atoms with Gasteiger partial charge in [0.2, 0.25) is 0 Å². The van der Waals surface area contributed by atoms with E-state index in [0.29, 0.717) is 12.2 Å². The lowest BCUT2D eigenvalue weighted by Crippen LogP contribution is -2.39. The number of likely N-dealkylation sites (tertiary alicyclic amines) is 1. The van der Waals surface area contributed by atoms with Crippen LogP contribution in [0.3, 0.4) is 0 Å². The van der Waals surface area contributed by atoms with Crippen LogP contribution in [-0.4, -0.2) is 39.0 Å². The number of hydrogen-bond acceptors (Lipinski definition) is 4. The maximum absolute atomic E-state index is 12.4. The molecular formula is C17H18N4O2. The number of aryl methyl sites for hydroxylation is 1. The van der Waals surface area contributed by atoms with Crippen molar-refractivity contribution in [2.24, 2.45) is 0 Å². The number of carbonyl (C=O) groups is 1. The molecular weight excluding hydrogens is 292 g/mol. The highest BCUT2D eigenvalue weighted by Crippen LogP contribution is 2.28. The molecule has 1 aliphatic heterocycles. The van der Waals surface area contributed by atoms with Gasteiger partial charge in [0.15, 0.2) is 5.69 Å². The van der Waals surface area contributed by atoms with Crippen molar-refractivity contribution in [1.29, 1.82) is 0 Å². The SMILES string of the molecule is Cc1cccc2[nH]c([C@H]3CCCN(C(=O)c4ccon4)C3)nc12. The Kier molecular flexibility index (Phi) is 3.37. The molecule has 0 bridgehead atoms. The van der Waals surface area contributed by atoms with Crippen LogP contribution in [0.4, 0.5) is 0 Å². The summed E-state index contributed by atoms with van der Waals surface area (Å²) in [4.78, 5) is 22.5. The van der Waals surface area contributed by atoms with Gasteiger partial charge >= 0.3 is 0 Å². The third-order valence-electron chi connectivity index (χ3n) is 4.48. The Labute approximate surface area is 133 Å². The molecule has 3 aromatic rings. The highest BCUT2D eigenvalue weighted by molar-refractivity contribution is 5.92. The largest absolute Gasteiger partial charge is 0.364 e. The van der Waals surface area contributed by atoms with Crippen LogP contribution in [0.5, 0.6) is 0 Å². The van der Waals surface area contributed by atoms with Crippen LogP contribution in [-0.2, 0) is 0 Å². The standard InChI is InChI=1S/C17H18N4O2/c1-11-4-2-6-13-15(11)19-16(18-13)12-5-3-8-21(10-12)17(22)14-7-9-23-20-14/h2,4,6-7,9,12H,3,5,8,10H2,1H3,(H,18,19)/t12-/m0/s1. The van der Waals surface area contributed by atoms with E-state index in [1.807, 2.05) is 17.0 Å². The number of nitrogens with zero attached hydrogens (tertiary/aromatic N) is 3. The highest BCUT2D eigenvalue weighted by Gasteiger charge is 2.28. The summed E-state index contributed by atoms with van der Waals surface area (Å²) in [7, 11) is 0. The lowest BCUT2D eigenvalue weighted by molar-refractivity contribution is 0.0694. The minimum absolute atomic E-state index is 0.0734. The van der Waals surface area contributed by atoms with Crippen LogP contribution in [0.2, 0.25) is 0 Å². The molecule has 6 heteroatoms. The summed E-state index contributed by atoms with van der Waals surface area (Å²) in [5.74, 6) is 1.12. The quantitative estimate of drug-likeness (QED) is 0.789. The molecule has 1 fully saturated rings. The molecule has 1 amide bonds. The van der Waals surface area contributed by atoms with Crippen LogP contribution < -0.4 is 0 Å². The number of piperidine rings is 1. The average molecular weight is 310 g/mol. The Hall–Kier alpha value is -2.63. The number of hydrogen-bond donors (Lipinski definition) is 1. The fraction of sp³-hybridized carbons (Fsp3) is 0.353. The van der Waals surface area contributed by atoms with Crippen molar-refractivity contribution in [1.82, 2.24) is 20.0 Å². The van der Waals surface area contributed by atoms with Crippen molar-refractivity contribution in [2.75, 3.05) is 13.1 Å². The number of rotatable bonds is 2. The zero-order chi connectivity index (χ0) is 15.8. The van der Waals surface area contributed by atoms with Gasteiger partial charge in [0.1, 0.15) is 12.1 Å². The Balaban J connectivity index is 1.59. The van der Waals surface area contributed by atoms with Gasteiger partial charge in [-0.2, -0.15) is 0 Å². The van der Waals surface area contributed by atoms with Crippen molar-refractivity contribution < 1.29 is 9.32 Å². The normalized spacial score (nSPS) is 18.5. The van der Waals surface area contributed by atoms with E-state index in [4.69, 9.17) is 9.51 Å². The number of imidazole rings is 1. The molecule has 3 heterocycles. The van der Waals surface area contributed by atoms with E-state index >= 15 is 0 Å². The first kappa shape index (κ1) is 14.0. The third-order valence-corrected chi connectivity index (χ3v) is 4.48. The van der Waals surface area contributed by atoms with Crippen LogP contribution >= 0.6 is 0 Å². The predicted octanol–water partition coefficient (Wildman–Crippen LogP) is 2.88. The molecule has 0 aliphatic carbocycles. The molecule has 6 nitrogen and oxygen atoms in total. The molecule has 23 heavy (non-hydrogen) atoms. The van der Waals surface area contributed by atoms with Crippen molar-refractivity contribution in [3.8, 4) is 0 Å². The third kappa shape index (κ3) is 2.50. The van der Waals surface area contributed by atoms with Gasteiger partial charge in [0.05, 0.1) is 11.0 Å². The number of fused-ring (bicyclic) bond motifs is 1. The van der Waals surface area contributed by atoms with Crippen LogP contribution in [0.25, 0.3) is 11.0 Å². The number of H-pyrrole nitrogens is 1. The van der Waals surface area contributed by atoms with Crippen molar-refractivity contribution >= 4 is 16.9 Å². The van der Waals surface area contributed by atoms with Crippen LogP contribution in [0, 0.1) is 6.92 Å². The summed E-state index contributed by atoms with van der Waals surface area (Å²) >= 11 is 0. The fourth-order valence-electron chi connectivity index (χ4n) is 3.26. The van der Waals surface area contributed by atoms with Crippen LogP contribution in [0.15, 0.2) is 35.1 Å². The van der Waals surface area contributed by atoms with Gasteiger partial charge in [-0.1, -0.05) is 17.3 Å². The van der Waals surface area contributed by atoms with Gasteiger partial charge in [-0.05, 0) is 31.4 Å². The monoisotopic (exact) mass is 310 g/mol. The second-order valence-corrected chi connectivity index (χ2v) is 6.07. The number of para-hydroxylation sites is 1. The minimum Gasteiger partial charge on any atom is -0.364 e. The first-order valence-corrected chi connectivity index (χ1v) is 7.87. The van der Waals surface area contributed by atoms with E-state index in [2.05, 4.69) is 23.1 Å². The van der Waals surface area contributed by atoms with E-state index in [9.17, 15) is 4.79 Å². The molecule has 4 rings (SSSR count). The Morgan fingerprint density at radius 1 is 1.39 bits per heavy atom. The summed E-state index contributed by atoms with van der Waals surface area (Å²) in [6, 6.07) is 7.74. The zero-order valence-corrected chi connectivity index (χ0v) is 13.0. The lowest BCUT2D eigenvalue weighted by atomic mass is 9.97. The molecule has 1 aromatic carbocycles. The van der Waals surface area contributed by atoms with Gasteiger partial charge in [-0.15, -0.1) is 0 Å². The zero-order valence-electron chi connectivity index (χ0n) is 13.0. The van der Waals surface area contributed by atoms with Gasteiger partial charge in [-0.3, -0.25) is 4.79 Å². The van der Waals surface area contributed by atoms with Crippen molar-refractivity contribution in [3.63, 3.8) is 0 Å². The van der Waals surface area contributed by atoms with Gasteiger partial charge in [0, 0.05) is 25.1 Å². The summed E-state index contributed by atoms with van der Waals surface area (Å²) in [5.41, 5.74) is 3.60. The molecule has 1 N–H and O–H groups in total. The Morgan fingerprint density at radius 3 is 3.09 bits per heavy atom. The topological polar surface area (TPSA) is 75.0 Å². The molecule has 1 saturated heterocycles. The summed E-state index contributed by atoms with van der Waals surface area (Å²) < 4.78 is 4.77. The molecule has 118 valence electrons. The van der Waals surface area contributed by atoms with E-state index in [0.717, 1.165) is 41.8 Å². The molecule has 0 saturated carbocycles. The molecule has 0 unspecified atom stereocenters. The smallest absolute Gasteiger partial charge is 0.276 e. The van der Waals surface area contributed by atoms with Gasteiger partial charge < -0.3 is 14.4 Å². The second-order valence-electron chi connectivity index (χ2n) is 6.07. The van der Waals surface area contributed by atoms with Crippen molar-refractivity contribution in [2.45, 2.75) is 25.7 Å². The van der Waals surface area contributed by atoms with E-state index < -0.39 is 0 Å². The maximum Gasteiger partial charge on any atom is 0.276 e. The number of aromatic nitrogens is 3. The second kappa shape index (κ2) is 5.53. The molecule has 2 aromatic heterocycles. The fourth-order valence-corrected chi connectivity index (χ4v) is 3.26. The molecule has 1 atom stereocenters. The first-order valence-electron chi connectivity index (χ1n) is 7.87. The maximum atomic E-state index is 12.4. The summed E-state index contributed by atoms with van der Waals surface area (Å²) in [6.45, 7) is 3.47. The molecule has 1 aliphatic rings. The average Bonchev–Trinajstić information content (AvgIpc) is 3.24. The summed E-state index contributed by atoms with van der Waals surface area (Å²) in [6.07, 6.45) is 3.42. The van der Waals surface area contributed by atoms with Gasteiger partial charge in [0.25, 0.3) is 5.91 Å². The minimum atomic E-state index is -0.0734. The number of aromatic amines is 1. The number of nitrogens with one attached hydrogen (secondary N) is 1. The number of amides is 1. The first-order chi connectivity index (χ1) is 11.2. The van der Waals surface area contributed by atoms with E-state index in [-0.39, 0.29) is 11.8 Å². The molecule has 0 spiro atoms. The molecule has 0 radical (unpaired) electrons. The lowest BCUT2D eigenvalue weighted by Gasteiger charge is -2.31. The number of carbonyl (C=O) groups excluding carboxylic acids is 1. The van der Waals surface area contributed by atoms with E-state index in [1.165, 1.54) is 6.26 Å². The Bertz CT molecular complexity index is 838. The summed E-state index contributed by atoms with van der Waals surface area (Å²) in [5, 5.41) is 3.75. The van der Waals surface area contributed by atoms with Crippen molar-refractivity contribution in [3.05, 3.63) is 47.6 Å². The van der Waals surface area contributed by atoms with Crippen LogP contribution in [0.1, 0.15) is 40.6 Å². The van der Waals surface area contributed by atoms with Gasteiger partial charge in [-0.25, -0.2) is 4.98 Å². The number of benzene rings is 1. The Morgan fingerprint density at radius 2 is 2.30 bits per heavy atom. The predicted molar refractivity (Wildman–Crippen MR) is 85.2 cm³/mol. The highest BCUT2D eigenvalue weighted by atomic mass is 16.5.